The summed E-state index contributed by atoms with van der Waals surface area (Å²) in [5.41, 5.74) is -0.796. The van der Waals surface area contributed by atoms with Gasteiger partial charge in [0.1, 0.15) is 11.9 Å². The van der Waals surface area contributed by atoms with Gasteiger partial charge in [-0.25, -0.2) is 9.69 Å². The predicted molar refractivity (Wildman–Crippen MR) is 78.6 cm³/mol. The van der Waals surface area contributed by atoms with Crippen molar-refractivity contribution in [1.29, 1.82) is 0 Å². The minimum atomic E-state index is -0.829. The SMILES string of the molecule is O=C1CC(Nc2cc(=O)[nH]c(=O)[nH]2)C(=O)N1c1ccccc1. The number of para-hydroxylation sites is 1. The Balaban J connectivity index is 1.85. The van der Waals surface area contributed by atoms with Crippen molar-refractivity contribution >= 4 is 23.3 Å². The zero-order valence-electron chi connectivity index (χ0n) is 11.3. The summed E-state index contributed by atoms with van der Waals surface area (Å²) >= 11 is 0. The molecule has 3 N–H and O–H groups in total. The molecule has 8 heteroatoms. The molecule has 0 radical (unpaired) electrons. The zero-order valence-corrected chi connectivity index (χ0v) is 11.3. The third-order valence-corrected chi connectivity index (χ3v) is 3.25. The summed E-state index contributed by atoms with van der Waals surface area (Å²) in [6.45, 7) is 0. The molecule has 22 heavy (non-hydrogen) atoms. The Morgan fingerprint density at radius 3 is 2.45 bits per heavy atom. The van der Waals surface area contributed by atoms with Gasteiger partial charge >= 0.3 is 5.69 Å². The molecule has 2 aromatic rings. The lowest BCUT2D eigenvalue weighted by atomic mass is 10.2. The fourth-order valence-corrected chi connectivity index (χ4v) is 2.33. The molecule has 1 aliphatic heterocycles. The molecule has 1 unspecified atom stereocenters. The molecule has 1 aliphatic rings. The Labute approximate surface area is 123 Å². The number of nitrogens with zero attached hydrogens (tertiary/aromatic N) is 1. The summed E-state index contributed by atoms with van der Waals surface area (Å²) in [7, 11) is 0. The van der Waals surface area contributed by atoms with Crippen LogP contribution < -0.4 is 21.5 Å². The number of anilines is 2. The lowest BCUT2D eigenvalue weighted by Crippen LogP contribution is -2.35. The highest BCUT2D eigenvalue weighted by Crippen LogP contribution is 2.23. The Bertz CT molecular complexity index is 811. The number of carbonyl (C=O) groups excluding carboxylic acids is 2. The normalized spacial score (nSPS) is 17.8. The molecule has 112 valence electrons. The van der Waals surface area contributed by atoms with Gasteiger partial charge in [-0.15, -0.1) is 0 Å². The molecule has 8 nitrogen and oxygen atoms in total. The molecule has 3 rings (SSSR count). The van der Waals surface area contributed by atoms with Crippen LogP contribution in [0.1, 0.15) is 6.42 Å². The number of aromatic nitrogens is 2. The zero-order chi connectivity index (χ0) is 15.7. The minimum absolute atomic E-state index is 0.0530. The van der Waals surface area contributed by atoms with Crippen molar-refractivity contribution in [1.82, 2.24) is 9.97 Å². The topological polar surface area (TPSA) is 115 Å². The summed E-state index contributed by atoms with van der Waals surface area (Å²) in [4.78, 5) is 52.3. The van der Waals surface area contributed by atoms with Gasteiger partial charge in [0.15, 0.2) is 0 Å². The summed E-state index contributed by atoms with van der Waals surface area (Å²) in [5.74, 6) is -0.687. The number of H-pyrrole nitrogens is 2. The van der Waals surface area contributed by atoms with Crippen molar-refractivity contribution in [3.8, 4) is 0 Å². The van der Waals surface area contributed by atoms with Crippen molar-refractivity contribution in [3.63, 3.8) is 0 Å². The van der Waals surface area contributed by atoms with Crippen LogP contribution in [-0.2, 0) is 9.59 Å². The predicted octanol–water partition coefficient (Wildman–Crippen LogP) is -0.193. The van der Waals surface area contributed by atoms with Gasteiger partial charge in [-0.3, -0.25) is 24.4 Å². The van der Waals surface area contributed by atoms with Gasteiger partial charge in [-0.1, -0.05) is 18.2 Å². The third-order valence-electron chi connectivity index (χ3n) is 3.25. The second kappa shape index (κ2) is 5.32. The number of benzene rings is 1. The van der Waals surface area contributed by atoms with E-state index in [1.807, 2.05) is 4.98 Å². The van der Waals surface area contributed by atoms with Crippen LogP contribution >= 0.6 is 0 Å². The molecule has 0 aliphatic carbocycles. The van der Waals surface area contributed by atoms with Gasteiger partial charge in [0.05, 0.1) is 12.1 Å². The van der Waals surface area contributed by atoms with E-state index in [9.17, 15) is 19.2 Å². The number of nitrogens with one attached hydrogen (secondary N) is 3. The van der Waals surface area contributed by atoms with Gasteiger partial charge in [0, 0.05) is 6.07 Å². The highest BCUT2D eigenvalue weighted by molar-refractivity contribution is 6.23. The van der Waals surface area contributed by atoms with Crippen molar-refractivity contribution < 1.29 is 9.59 Å². The standard InChI is InChI=1S/C14H12N4O4/c19-11-7-10(16-14(22)17-11)15-9-6-12(20)18(13(9)21)8-4-2-1-3-5-8/h1-5,7,9H,6H2,(H3,15,16,17,19,22). The van der Waals surface area contributed by atoms with E-state index in [1.165, 1.54) is 0 Å². The van der Waals surface area contributed by atoms with Crippen molar-refractivity contribution in [2.45, 2.75) is 12.5 Å². The molecule has 1 aromatic carbocycles. The van der Waals surface area contributed by atoms with Gasteiger partial charge in [0.2, 0.25) is 5.91 Å². The first-order valence-corrected chi connectivity index (χ1v) is 6.56. The van der Waals surface area contributed by atoms with Gasteiger partial charge in [-0.05, 0) is 12.1 Å². The molecular formula is C14H12N4O4. The molecule has 0 bridgehead atoms. The van der Waals surface area contributed by atoms with Crippen LogP contribution in [0, 0.1) is 0 Å². The van der Waals surface area contributed by atoms with E-state index in [2.05, 4.69) is 10.3 Å². The van der Waals surface area contributed by atoms with Crippen LogP contribution in [0.5, 0.6) is 0 Å². The fourth-order valence-electron chi connectivity index (χ4n) is 2.33. The molecule has 2 amide bonds. The maximum atomic E-state index is 12.4. The summed E-state index contributed by atoms with van der Waals surface area (Å²) < 4.78 is 0. The smallest absolute Gasteiger partial charge is 0.327 e. The van der Waals surface area contributed by atoms with E-state index >= 15 is 0 Å². The molecule has 1 atom stereocenters. The van der Waals surface area contributed by atoms with E-state index in [0.717, 1.165) is 11.0 Å². The Kier molecular flexibility index (Phi) is 3.34. The number of hydrogen-bond donors (Lipinski definition) is 3. The highest BCUT2D eigenvalue weighted by atomic mass is 16.2. The van der Waals surface area contributed by atoms with Gasteiger partial charge in [-0.2, -0.15) is 0 Å². The molecule has 0 spiro atoms. The molecule has 2 heterocycles. The highest BCUT2D eigenvalue weighted by Gasteiger charge is 2.39. The molecular weight excluding hydrogens is 288 g/mol. The van der Waals surface area contributed by atoms with E-state index in [1.54, 1.807) is 30.3 Å². The van der Waals surface area contributed by atoms with E-state index < -0.39 is 23.2 Å². The lowest BCUT2D eigenvalue weighted by molar-refractivity contribution is -0.121. The van der Waals surface area contributed by atoms with Gasteiger partial charge < -0.3 is 5.32 Å². The second-order valence-corrected chi connectivity index (χ2v) is 4.81. The van der Waals surface area contributed by atoms with Crippen molar-refractivity contribution in [2.75, 3.05) is 10.2 Å². The van der Waals surface area contributed by atoms with Crippen molar-refractivity contribution in [2.24, 2.45) is 0 Å². The third kappa shape index (κ3) is 2.53. The molecule has 1 saturated heterocycles. The van der Waals surface area contributed by atoms with Crippen LogP contribution in [0.2, 0.25) is 0 Å². The fraction of sp³-hybridized carbons (Fsp3) is 0.143. The van der Waals surface area contributed by atoms with Crippen LogP contribution in [-0.4, -0.2) is 27.8 Å². The van der Waals surface area contributed by atoms with E-state index in [4.69, 9.17) is 0 Å². The lowest BCUT2D eigenvalue weighted by Gasteiger charge is -2.15. The average molecular weight is 300 g/mol. The van der Waals surface area contributed by atoms with Crippen LogP contribution in [0.15, 0.2) is 46.0 Å². The number of imide groups is 1. The quantitative estimate of drug-likeness (QED) is 0.679. The number of hydrogen-bond acceptors (Lipinski definition) is 5. The second-order valence-electron chi connectivity index (χ2n) is 4.81. The first-order valence-electron chi connectivity index (χ1n) is 6.56. The average Bonchev–Trinajstić information content (AvgIpc) is 2.73. The first-order chi connectivity index (χ1) is 10.5. The Morgan fingerprint density at radius 1 is 1.05 bits per heavy atom. The Hall–Kier alpha value is -3.16. The van der Waals surface area contributed by atoms with Crippen LogP contribution in [0.4, 0.5) is 11.5 Å². The number of amides is 2. The summed E-state index contributed by atoms with van der Waals surface area (Å²) in [6.07, 6.45) is -0.0530. The number of aromatic amines is 2. The summed E-state index contributed by atoms with van der Waals surface area (Å²) in [5, 5.41) is 2.71. The van der Waals surface area contributed by atoms with E-state index in [0.29, 0.717) is 5.69 Å². The van der Waals surface area contributed by atoms with Crippen LogP contribution in [0.3, 0.4) is 0 Å². The Morgan fingerprint density at radius 2 is 1.77 bits per heavy atom. The molecule has 1 fully saturated rings. The summed E-state index contributed by atoms with van der Waals surface area (Å²) in [6, 6.07) is 8.84. The maximum absolute atomic E-state index is 12.4. The first kappa shape index (κ1) is 13.8. The van der Waals surface area contributed by atoms with E-state index in [-0.39, 0.29) is 18.1 Å². The van der Waals surface area contributed by atoms with Crippen LogP contribution in [0.25, 0.3) is 0 Å². The molecule has 0 saturated carbocycles. The maximum Gasteiger partial charge on any atom is 0.327 e. The number of carbonyl (C=O) groups is 2. The monoisotopic (exact) mass is 300 g/mol. The largest absolute Gasteiger partial charge is 0.359 e. The van der Waals surface area contributed by atoms with Crippen molar-refractivity contribution in [3.05, 3.63) is 57.2 Å². The number of rotatable bonds is 3. The van der Waals surface area contributed by atoms with Gasteiger partial charge in [0.25, 0.3) is 11.5 Å². The minimum Gasteiger partial charge on any atom is -0.359 e. The molecule has 1 aromatic heterocycles.